The van der Waals surface area contributed by atoms with Gasteiger partial charge in [0.05, 0.1) is 0 Å². The van der Waals surface area contributed by atoms with Crippen molar-refractivity contribution in [3.05, 3.63) is 60.2 Å². The number of rotatable bonds is 9. The number of hydrogen-bond acceptors (Lipinski definition) is 5. The van der Waals surface area contributed by atoms with Crippen LogP contribution in [-0.4, -0.2) is 37.5 Å². The van der Waals surface area contributed by atoms with E-state index in [1.54, 1.807) is 0 Å². The standard InChI is InChI=1S/C19H18F2N2O5/c20-13-4-6-15(7-5-13)23(9-8-17(22)24)18(25)11-28-19(26)12-27-16-3-1-2-14(21)10-16/h1-7,10H,8-9,11-12H2,(H2,22,24). The monoisotopic (exact) mass is 392 g/mol. The summed E-state index contributed by atoms with van der Waals surface area (Å²) in [6, 6.07) is 10.2. The molecule has 0 saturated heterocycles. The Bertz CT molecular complexity index is 842. The third kappa shape index (κ3) is 6.67. The van der Waals surface area contributed by atoms with Crippen molar-refractivity contribution < 1.29 is 32.6 Å². The molecule has 2 amide bonds. The van der Waals surface area contributed by atoms with Gasteiger partial charge in [0, 0.05) is 24.7 Å². The molecule has 9 heteroatoms. The number of esters is 1. The predicted octanol–water partition coefficient (Wildman–Crippen LogP) is 1.80. The zero-order valence-electron chi connectivity index (χ0n) is 14.8. The molecule has 0 radical (unpaired) electrons. The lowest BCUT2D eigenvalue weighted by Gasteiger charge is -2.22. The number of ether oxygens (including phenoxy) is 2. The lowest BCUT2D eigenvalue weighted by molar-refractivity contribution is -0.149. The van der Waals surface area contributed by atoms with Gasteiger partial charge in [-0.2, -0.15) is 0 Å². The highest BCUT2D eigenvalue weighted by Crippen LogP contribution is 2.16. The van der Waals surface area contributed by atoms with Crippen molar-refractivity contribution in [2.24, 2.45) is 5.73 Å². The molecule has 0 aromatic heterocycles. The largest absolute Gasteiger partial charge is 0.482 e. The van der Waals surface area contributed by atoms with Crippen LogP contribution in [0.2, 0.25) is 0 Å². The third-order valence-electron chi connectivity index (χ3n) is 3.53. The van der Waals surface area contributed by atoms with Crippen molar-refractivity contribution >= 4 is 23.5 Å². The fourth-order valence-corrected chi connectivity index (χ4v) is 2.20. The van der Waals surface area contributed by atoms with Crippen LogP contribution in [0.25, 0.3) is 0 Å². The second kappa shape index (κ2) is 10.0. The minimum Gasteiger partial charge on any atom is -0.482 e. The number of nitrogens with zero attached hydrogens (tertiary/aromatic N) is 1. The SMILES string of the molecule is NC(=O)CCN(C(=O)COC(=O)COc1cccc(F)c1)c1ccc(F)cc1. The molecule has 28 heavy (non-hydrogen) atoms. The molecule has 0 aliphatic rings. The summed E-state index contributed by atoms with van der Waals surface area (Å²) in [5.74, 6) is -2.98. The van der Waals surface area contributed by atoms with E-state index in [9.17, 15) is 23.2 Å². The molecule has 0 aliphatic heterocycles. The molecule has 0 atom stereocenters. The van der Waals surface area contributed by atoms with E-state index in [4.69, 9.17) is 15.2 Å². The number of halogens is 2. The molecule has 0 unspecified atom stereocenters. The Morgan fingerprint density at radius 2 is 1.68 bits per heavy atom. The first-order valence-corrected chi connectivity index (χ1v) is 8.23. The van der Waals surface area contributed by atoms with Crippen LogP contribution in [-0.2, 0) is 19.1 Å². The van der Waals surface area contributed by atoms with E-state index >= 15 is 0 Å². The number of primary amides is 1. The van der Waals surface area contributed by atoms with Gasteiger partial charge in [-0.3, -0.25) is 9.59 Å². The molecule has 0 saturated carbocycles. The van der Waals surface area contributed by atoms with Gasteiger partial charge in [0.15, 0.2) is 13.2 Å². The van der Waals surface area contributed by atoms with Crippen molar-refractivity contribution in [2.75, 3.05) is 24.7 Å². The van der Waals surface area contributed by atoms with Crippen LogP contribution >= 0.6 is 0 Å². The predicted molar refractivity (Wildman–Crippen MR) is 95.4 cm³/mol. The number of anilines is 1. The Kier molecular flexibility index (Phi) is 7.44. The molecule has 148 valence electrons. The summed E-state index contributed by atoms with van der Waals surface area (Å²) >= 11 is 0. The first kappa shape index (κ1) is 20.8. The topological polar surface area (TPSA) is 98.9 Å². The quantitative estimate of drug-likeness (QED) is 0.656. The van der Waals surface area contributed by atoms with Gasteiger partial charge >= 0.3 is 5.97 Å². The summed E-state index contributed by atoms with van der Waals surface area (Å²) in [6.45, 7) is -1.20. The van der Waals surface area contributed by atoms with Gasteiger partial charge in [-0.1, -0.05) is 6.07 Å². The minimum atomic E-state index is -0.841. The second-order valence-corrected chi connectivity index (χ2v) is 5.64. The Labute approximate surface area is 159 Å². The van der Waals surface area contributed by atoms with Gasteiger partial charge in [-0.25, -0.2) is 13.6 Å². The normalized spacial score (nSPS) is 10.2. The van der Waals surface area contributed by atoms with Gasteiger partial charge < -0.3 is 20.1 Å². The lowest BCUT2D eigenvalue weighted by Crippen LogP contribution is -2.37. The summed E-state index contributed by atoms with van der Waals surface area (Å²) in [4.78, 5) is 36.3. The minimum absolute atomic E-state index is 0.0584. The van der Waals surface area contributed by atoms with Gasteiger partial charge in [0.25, 0.3) is 5.91 Å². The van der Waals surface area contributed by atoms with Crippen molar-refractivity contribution in [1.29, 1.82) is 0 Å². The van der Waals surface area contributed by atoms with Crippen LogP contribution in [0.1, 0.15) is 6.42 Å². The maximum Gasteiger partial charge on any atom is 0.344 e. The molecule has 2 N–H and O–H groups in total. The highest BCUT2D eigenvalue weighted by Gasteiger charge is 2.19. The van der Waals surface area contributed by atoms with E-state index in [-0.39, 0.29) is 18.7 Å². The molecule has 2 aromatic carbocycles. The molecule has 2 rings (SSSR count). The molecule has 0 bridgehead atoms. The van der Waals surface area contributed by atoms with Crippen molar-refractivity contribution in [1.82, 2.24) is 0 Å². The Morgan fingerprint density at radius 3 is 2.32 bits per heavy atom. The van der Waals surface area contributed by atoms with Crippen molar-refractivity contribution in [2.45, 2.75) is 6.42 Å². The number of nitrogens with two attached hydrogens (primary N) is 1. The van der Waals surface area contributed by atoms with Crippen LogP contribution in [0.3, 0.4) is 0 Å². The Morgan fingerprint density at radius 1 is 0.964 bits per heavy atom. The molecule has 0 fully saturated rings. The molecule has 7 nitrogen and oxygen atoms in total. The molecule has 0 spiro atoms. The third-order valence-corrected chi connectivity index (χ3v) is 3.53. The number of benzene rings is 2. The van der Waals surface area contributed by atoms with E-state index < -0.39 is 42.6 Å². The van der Waals surface area contributed by atoms with Crippen LogP contribution in [0.4, 0.5) is 14.5 Å². The number of carbonyl (C=O) groups is 3. The van der Waals surface area contributed by atoms with Crippen molar-refractivity contribution in [3.8, 4) is 5.75 Å². The smallest absolute Gasteiger partial charge is 0.344 e. The highest BCUT2D eigenvalue weighted by molar-refractivity contribution is 5.95. The second-order valence-electron chi connectivity index (χ2n) is 5.64. The van der Waals surface area contributed by atoms with Gasteiger partial charge in [-0.05, 0) is 36.4 Å². The summed E-state index contributed by atoms with van der Waals surface area (Å²) in [7, 11) is 0. The molecule has 2 aromatic rings. The van der Waals surface area contributed by atoms with E-state index in [0.717, 1.165) is 23.1 Å². The van der Waals surface area contributed by atoms with Crippen LogP contribution in [0, 0.1) is 11.6 Å². The number of hydrogen-bond donors (Lipinski definition) is 1. The van der Waals surface area contributed by atoms with Gasteiger partial charge in [0.1, 0.15) is 17.4 Å². The molecular weight excluding hydrogens is 374 g/mol. The average Bonchev–Trinajstić information content (AvgIpc) is 2.66. The van der Waals surface area contributed by atoms with Crippen molar-refractivity contribution in [3.63, 3.8) is 0 Å². The average molecular weight is 392 g/mol. The van der Waals surface area contributed by atoms with E-state index in [1.165, 1.54) is 30.3 Å². The molecular formula is C19H18F2N2O5. The summed E-state index contributed by atoms with van der Waals surface area (Å²) < 4.78 is 36.1. The first-order valence-electron chi connectivity index (χ1n) is 8.23. The lowest BCUT2D eigenvalue weighted by atomic mass is 10.2. The maximum atomic E-state index is 13.1. The van der Waals surface area contributed by atoms with Gasteiger partial charge in [-0.15, -0.1) is 0 Å². The highest BCUT2D eigenvalue weighted by atomic mass is 19.1. The summed E-state index contributed by atoms with van der Waals surface area (Å²) in [6.07, 6.45) is -0.125. The van der Waals surface area contributed by atoms with E-state index in [0.29, 0.717) is 5.69 Å². The van der Waals surface area contributed by atoms with Gasteiger partial charge in [0.2, 0.25) is 5.91 Å². The van der Waals surface area contributed by atoms with Crippen LogP contribution in [0.5, 0.6) is 5.75 Å². The number of carbonyl (C=O) groups excluding carboxylic acids is 3. The summed E-state index contributed by atoms with van der Waals surface area (Å²) in [5.41, 5.74) is 5.42. The molecule has 0 heterocycles. The number of amides is 2. The van der Waals surface area contributed by atoms with E-state index in [1.807, 2.05) is 0 Å². The zero-order chi connectivity index (χ0) is 20.5. The Hall–Kier alpha value is -3.49. The van der Waals surface area contributed by atoms with Crippen LogP contribution in [0.15, 0.2) is 48.5 Å². The first-order chi connectivity index (χ1) is 13.3. The fourth-order valence-electron chi connectivity index (χ4n) is 2.20. The Balaban J connectivity index is 1.91. The van der Waals surface area contributed by atoms with Crippen LogP contribution < -0.4 is 15.4 Å². The molecule has 0 aliphatic carbocycles. The fraction of sp³-hybridized carbons (Fsp3) is 0.211. The van der Waals surface area contributed by atoms with E-state index in [2.05, 4.69) is 0 Å². The summed E-state index contributed by atoms with van der Waals surface area (Å²) in [5, 5.41) is 0. The maximum absolute atomic E-state index is 13.1. The zero-order valence-corrected chi connectivity index (χ0v) is 14.8.